The molecule has 0 radical (unpaired) electrons. The number of halogens is 1. The molecule has 88 valence electrons. The third-order valence-corrected chi connectivity index (χ3v) is 3.66. The summed E-state index contributed by atoms with van der Waals surface area (Å²) in [7, 11) is 0. The molecule has 3 nitrogen and oxygen atoms in total. The van der Waals surface area contributed by atoms with Crippen molar-refractivity contribution in [3.05, 3.63) is 29.8 Å². The van der Waals surface area contributed by atoms with E-state index in [4.69, 9.17) is 11.6 Å². The number of aromatic nitrogens is 3. The highest BCUT2D eigenvalue weighted by Gasteiger charge is 2.21. The number of nitrogens with zero attached hydrogens (tertiary/aromatic N) is 3. The van der Waals surface area contributed by atoms with Crippen molar-refractivity contribution in [3.8, 4) is 0 Å². The van der Waals surface area contributed by atoms with E-state index in [2.05, 4.69) is 27.2 Å². The SMILES string of the molecule is C=Cc1cc2cnc(Cl)nc2n1C1CCCC1. The van der Waals surface area contributed by atoms with Gasteiger partial charge < -0.3 is 4.57 Å². The molecule has 2 heterocycles. The van der Waals surface area contributed by atoms with Gasteiger partial charge in [-0.15, -0.1) is 0 Å². The molecular weight excluding hydrogens is 234 g/mol. The van der Waals surface area contributed by atoms with Gasteiger partial charge in [-0.1, -0.05) is 19.4 Å². The van der Waals surface area contributed by atoms with Gasteiger partial charge in [0.15, 0.2) is 0 Å². The van der Waals surface area contributed by atoms with Crippen LogP contribution in [0.2, 0.25) is 5.28 Å². The van der Waals surface area contributed by atoms with Gasteiger partial charge in [0, 0.05) is 23.3 Å². The summed E-state index contributed by atoms with van der Waals surface area (Å²) in [6.45, 7) is 3.88. The van der Waals surface area contributed by atoms with Crippen LogP contribution in [0.15, 0.2) is 18.8 Å². The van der Waals surface area contributed by atoms with Crippen LogP contribution in [-0.2, 0) is 0 Å². The second-order valence-electron chi connectivity index (χ2n) is 4.50. The Morgan fingerprint density at radius 3 is 2.88 bits per heavy atom. The van der Waals surface area contributed by atoms with Crippen LogP contribution >= 0.6 is 11.6 Å². The molecule has 1 aliphatic rings. The van der Waals surface area contributed by atoms with Gasteiger partial charge in [-0.3, -0.25) is 0 Å². The topological polar surface area (TPSA) is 30.7 Å². The van der Waals surface area contributed by atoms with Gasteiger partial charge in [0.25, 0.3) is 0 Å². The molecule has 0 saturated heterocycles. The Bertz CT molecular complexity index is 567. The van der Waals surface area contributed by atoms with Crippen molar-refractivity contribution in [2.24, 2.45) is 0 Å². The van der Waals surface area contributed by atoms with Crippen molar-refractivity contribution < 1.29 is 0 Å². The molecule has 0 amide bonds. The molecule has 4 heteroatoms. The highest BCUT2D eigenvalue weighted by atomic mass is 35.5. The predicted octanol–water partition coefficient (Wildman–Crippen LogP) is 3.84. The molecule has 0 spiro atoms. The molecule has 1 saturated carbocycles. The molecule has 0 aliphatic heterocycles. The van der Waals surface area contributed by atoms with Crippen LogP contribution in [0, 0.1) is 0 Å². The first-order valence-corrected chi connectivity index (χ1v) is 6.33. The van der Waals surface area contributed by atoms with Crippen molar-refractivity contribution >= 4 is 28.7 Å². The maximum absolute atomic E-state index is 5.89. The van der Waals surface area contributed by atoms with E-state index in [9.17, 15) is 0 Å². The Hall–Kier alpha value is -1.35. The Labute approximate surface area is 105 Å². The first kappa shape index (κ1) is 10.8. The summed E-state index contributed by atoms with van der Waals surface area (Å²) in [5.74, 6) is 0. The average molecular weight is 248 g/mol. The van der Waals surface area contributed by atoms with Crippen LogP contribution in [0.25, 0.3) is 17.1 Å². The number of hydrogen-bond donors (Lipinski definition) is 0. The zero-order valence-corrected chi connectivity index (χ0v) is 10.3. The largest absolute Gasteiger partial charge is 0.323 e. The minimum atomic E-state index is 0.311. The van der Waals surface area contributed by atoms with Crippen molar-refractivity contribution in [3.63, 3.8) is 0 Å². The van der Waals surface area contributed by atoms with Crippen LogP contribution in [0.1, 0.15) is 37.4 Å². The molecule has 0 aromatic carbocycles. The Morgan fingerprint density at radius 1 is 1.41 bits per heavy atom. The summed E-state index contributed by atoms with van der Waals surface area (Å²) >= 11 is 5.89. The molecular formula is C13H14ClN3. The van der Waals surface area contributed by atoms with Gasteiger partial charge in [0.05, 0.1) is 0 Å². The maximum atomic E-state index is 5.89. The summed E-state index contributed by atoms with van der Waals surface area (Å²) in [5.41, 5.74) is 2.05. The highest BCUT2D eigenvalue weighted by molar-refractivity contribution is 6.28. The molecule has 2 aromatic heterocycles. The first-order chi connectivity index (χ1) is 8.29. The monoisotopic (exact) mass is 247 g/mol. The zero-order chi connectivity index (χ0) is 11.8. The average Bonchev–Trinajstić information content (AvgIpc) is 2.93. The molecule has 0 bridgehead atoms. The fraction of sp³-hybridized carbons (Fsp3) is 0.385. The van der Waals surface area contributed by atoms with Gasteiger partial charge in [-0.2, -0.15) is 4.98 Å². The highest BCUT2D eigenvalue weighted by Crippen LogP contribution is 2.34. The smallest absolute Gasteiger partial charge is 0.224 e. The van der Waals surface area contributed by atoms with E-state index in [-0.39, 0.29) is 0 Å². The van der Waals surface area contributed by atoms with Gasteiger partial charge in [-0.05, 0) is 36.6 Å². The van der Waals surface area contributed by atoms with Crippen molar-refractivity contribution in [1.29, 1.82) is 0 Å². The van der Waals surface area contributed by atoms with E-state index in [1.807, 2.05) is 6.08 Å². The Balaban J connectivity index is 2.24. The summed E-state index contributed by atoms with van der Waals surface area (Å²) in [6.07, 6.45) is 8.68. The lowest BCUT2D eigenvalue weighted by Gasteiger charge is -2.15. The maximum Gasteiger partial charge on any atom is 0.224 e. The molecule has 1 aliphatic carbocycles. The molecule has 3 rings (SSSR count). The molecule has 0 unspecified atom stereocenters. The standard InChI is InChI=1S/C13H14ClN3/c1-2-10-7-9-8-15-13(14)16-12(9)17(10)11-5-3-4-6-11/h2,7-8,11H,1,3-6H2. The van der Waals surface area contributed by atoms with Gasteiger partial charge >= 0.3 is 0 Å². The second kappa shape index (κ2) is 4.15. The van der Waals surface area contributed by atoms with Crippen molar-refractivity contribution in [2.45, 2.75) is 31.7 Å². The molecule has 1 fully saturated rings. The molecule has 0 atom stereocenters. The number of fused-ring (bicyclic) bond motifs is 1. The van der Waals surface area contributed by atoms with Crippen LogP contribution in [0.5, 0.6) is 0 Å². The van der Waals surface area contributed by atoms with Crippen molar-refractivity contribution in [1.82, 2.24) is 14.5 Å². The van der Waals surface area contributed by atoms with E-state index < -0.39 is 0 Å². The summed E-state index contributed by atoms with van der Waals surface area (Å²) in [5, 5.41) is 1.35. The van der Waals surface area contributed by atoms with Gasteiger partial charge in [-0.25, -0.2) is 4.98 Å². The summed E-state index contributed by atoms with van der Waals surface area (Å²) in [6, 6.07) is 2.61. The minimum absolute atomic E-state index is 0.311. The van der Waals surface area contributed by atoms with Crippen LogP contribution in [0.4, 0.5) is 0 Å². The first-order valence-electron chi connectivity index (χ1n) is 5.95. The van der Waals surface area contributed by atoms with Crippen LogP contribution in [-0.4, -0.2) is 14.5 Å². The van der Waals surface area contributed by atoms with E-state index in [0.29, 0.717) is 11.3 Å². The molecule has 2 aromatic rings. The lowest BCUT2D eigenvalue weighted by atomic mass is 10.2. The fourth-order valence-corrected chi connectivity index (χ4v) is 2.84. The third kappa shape index (κ3) is 1.75. The second-order valence-corrected chi connectivity index (χ2v) is 4.84. The lowest BCUT2D eigenvalue weighted by molar-refractivity contribution is 0.529. The molecule has 17 heavy (non-hydrogen) atoms. The van der Waals surface area contributed by atoms with E-state index in [1.54, 1.807) is 6.20 Å². The number of rotatable bonds is 2. The molecule has 0 N–H and O–H groups in total. The predicted molar refractivity (Wildman–Crippen MR) is 70.1 cm³/mol. The van der Waals surface area contributed by atoms with Crippen LogP contribution < -0.4 is 0 Å². The third-order valence-electron chi connectivity index (χ3n) is 3.48. The minimum Gasteiger partial charge on any atom is -0.323 e. The van der Waals surface area contributed by atoms with Gasteiger partial charge in [0.2, 0.25) is 5.28 Å². The van der Waals surface area contributed by atoms with E-state index in [1.165, 1.54) is 25.7 Å². The Morgan fingerprint density at radius 2 is 2.18 bits per heavy atom. The lowest BCUT2D eigenvalue weighted by Crippen LogP contribution is -2.07. The van der Waals surface area contributed by atoms with E-state index >= 15 is 0 Å². The van der Waals surface area contributed by atoms with Crippen LogP contribution in [0.3, 0.4) is 0 Å². The normalized spacial score (nSPS) is 16.8. The van der Waals surface area contributed by atoms with Gasteiger partial charge in [0.1, 0.15) is 5.65 Å². The summed E-state index contributed by atoms with van der Waals surface area (Å²) in [4.78, 5) is 8.39. The summed E-state index contributed by atoms with van der Waals surface area (Å²) < 4.78 is 2.27. The van der Waals surface area contributed by atoms with Crippen molar-refractivity contribution in [2.75, 3.05) is 0 Å². The fourth-order valence-electron chi connectivity index (χ4n) is 2.71. The van der Waals surface area contributed by atoms with E-state index in [0.717, 1.165) is 16.7 Å². The quantitative estimate of drug-likeness (QED) is 0.755. The zero-order valence-electron chi connectivity index (χ0n) is 9.56. The number of hydrogen-bond acceptors (Lipinski definition) is 2. The Kier molecular flexibility index (Phi) is 2.63.